The van der Waals surface area contributed by atoms with Crippen molar-refractivity contribution >= 4 is 27.5 Å². The van der Waals surface area contributed by atoms with E-state index in [1.54, 1.807) is 13.8 Å². The third-order valence-corrected chi connectivity index (χ3v) is 7.10. The van der Waals surface area contributed by atoms with E-state index in [4.69, 9.17) is 11.6 Å². The van der Waals surface area contributed by atoms with Gasteiger partial charge in [-0.05, 0) is 44.9 Å². The summed E-state index contributed by atoms with van der Waals surface area (Å²) in [5.41, 5.74) is -0.113. The Hall–Kier alpha value is -1.32. The average Bonchev–Trinajstić information content (AvgIpc) is 2.60. The number of benzene rings is 1. The Labute approximate surface area is 162 Å². The number of hydrogen-bond donors (Lipinski definition) is 0. The highest BCUT2D eigenvalue weighted by atomic mass is 35.5. The van der Waals surface area contributed by atoms with E-state index in [-0.39, 0.29) is 40.9 Å². The highest BCUT2D eigenvalue weighted by molar-refractivity contribution is 7.89. The second-order valence-corrected chi connectivity index (χ2v) is 9.29. The lowest BCUT2D eigenvalue weighted by Crippen LogP contribution is -2.44. The number of hydrogen-bond acceptors (Lipinski definition) is 3. The lowest BCUT2D eigenvalue weighted by atomic mass is 9.97. The van der Waals surface area contributed by atoms with Gasteiger partial charge in [0.1, 0.15) is 0 Å². The molecule has 0 aromatic heterocycles. The van der Waals surface area contributed by atoms with Crippen LogP contribution in [0.5, 0.6) is 0 Å². The summed E-state index contributed by atoms with van der Waals surface area (Å²) in [6, 6.07) is 3.39. The van der Waals surface area contributed by atoms with Gasteiger partial charge in [-0.2, -0.15) is 17.5 Å². The molecule has 1 aromatic rings. The molecular formula is C17H22ClF3N2O3S. The lowest BCUT2D eigenvalue weighted by molar-refractivity contribution is -0.184. The molecule has 0 N–H and O–H groups in total. The molecule has 1 aliphatic heterocycles. The van der Waals surface area contributed by atoms with Crippen molar-refractivity contribution in [2.75, 3.05) is 20.1 Å². The van der Waals surface area contributed by atoms with Crippen LogP contribution in [0.4, 0.5) is 13.2 Å². The van der Waals surface area contributed by atoms with Gasteiger partial charge in [-0.25, -0.2) is 8.42 Å². The van der Waals surface area contributed by atoms with Crippen molar-refractivity contribution in [1.82, 2.24) is 9.21 Å². The van der Waals surface area contributed by atoms with Crippen LogP contribution in [-0.4, -0.2) is 55.9 Å². The molecule has 1 atom stereocenters. The summed E-state index contributed by atoms with van der Waals surface area (Å²) < 4.78 is 65.4. The molecule has 1 aromatic carbocycles. The third kappa shape index (κ3) is 4.75. The van der Waals surface area contributed by atoms with Gasteiger partial charge in [0.25, 0.3) is 5.91 Å². The van der Waals surface area contributed by atoms with E-state index >= 15 is 0 Å². The van der Waals surface area contributed by atoms with Crippen molar-refractivity contribution in [2.45, 2.75) is 43.8 Å². The SMILES string of the molecule is CC(C)N(C)S(=O)(=O)c1ccc(Cl)c(C(=O)N2CCCC(C(F)(F)F)C2)c1. The van der Waals surface area contributed by atoms with E-state index in [0.29, 0.717) is 0 Å². The molecule has 1 amide bonds. The van der Waals surface area contributed by atoms with Crippen molar-refractivity contribution in [3.8, 4) is 0 Å². The summed E-state index contributed by atoms with van der Waals surface area (Å²) >= 11 is 6.05. The molecule has 27 heavy (non-hydrogen) atoms. The molecule has 10 heteroatoms. The van der Waals surface area contributed by atoms with E-state index in [0.717, 1.165) is 15.3 Å². The van der Waals surface area contributed by atoms with Crippen LogP contribution in [0.1, 0.15) is 37.0 Å². The first kappa shape index (κ1) is 22.0. The number of carbonyl (C=O) groups excluding carboxylic acids is 1. The zero-order valence-electron chi connectivity index (χ0n) is 15.3. The minimum absolute atomic E-state index is 0.000261. The maximum Gasteiger partial charge on any atom is 0.393 e. The Balaban J connectivity index is 2.34. The van der Waals surface area contributed by atoms with Gasteiger partial charge < -0.3 is 4.90 Å². The highest BCUT2D eigenvalue weighted by Gasteiger charge is 2.43. The van der Waals surface area contributed by atoms with Crippen LogP contribution >= 0.6 is 11.6 Å². The van der Waals surface area contributed by atoms with Crippen LogP contribution in [-0.2, 0) is 10.0 Å². The maximum atomic E-state index is 13.0. The molecule has 1 saturated heterocycles. The molecule has 0 aliphatic carbocycles. The van der Waals surface area contributed by atoms with Crippen LogP contribution in [0, 0.1) is 5.92 Å². The van der Waals surface area contributed by atoms with Crippen molar-refractivity contribution in [2.24, 2.45) is 5.92 Å². The maximum absolute atomic E-state index is 13.0. The largest absolute Gasteiger partial charge is 0.393 e. The van der Waals surface area contributed by atoms with E-state index in [1.807, 2.05) is 0 Å². The summed E-state index contributed by atoms with van der Waals surface area (Å²) in [4.78, 5) is 13.7. The standard InChI is InChI=1S/C17H22ClF3N2O3S/c1-11(2)22(3)27(25,26)13-6-7-15(18)14(9-13)16(24)23-8-4-5-12(10-23)17(19,20)21/h6-7,9,11-12H,4-5,8,10H2,1-3H3. The van der Waals surface area contributed by atoms with Crippen LogP contribution in [0.25, 0.3) is 0 Å². The molecule has 5 nitrogen and oxygen atoms in total. The normalized spacial score (nSPS) is 19.0. The minimum atomic E-state index is -4.38. The summed E-state index contributed by atoms with van der Waals surface area (Å²) in [6.07, 6.45) is -4.19. The number of carbonyl (C=O) groups is 1. The molecule has 152 valence electrons. The summed E-state index contributed by atoms with van der Waals surface area (Å²) in [6.45, 7) is 3.11. The number of alkyl halides is 3. The number of sulfonamides is 1. The number of piperidine rings is 1. The second kappa shape index (κ2) is 7.97. The predicted octanol–water partition coefficient (Wildman–Crippen LogP) is 3.78. The van der Waals surface area contributed by atoms with Gasteiger partial charge in [-0.1, -0.05) is 11.6 Å². The zero-order valence-corrected chi connectivity index (χ0v) is 16.8. The Morgan fingerprint density at radius 2 is 1.96 bits per heavy atom. The topological polar surface area (TPSA) is 57.7 Å². The van der Waals surface area contributed by atoms with Gasteiger partial charge in [0.05, 0.1) is 21.4 Å². The minimum Gasteiger partial charge on any atom is -0.338 e. The Morgan fingerprint density at radius 3 is 2.52 bits per heavy atom. The molecule has 0 bridgehead atoms. The zero-order chi connectivity index (χ0) is 20.6. The smallest absolute Gasteiger partial charge is 0.338 e. The monoisotopic (exact) mass is 426 g/mol. The summed E-state index contributed by atoms with van der Waals surface area (Å²) in [5, 5.41) is 0.000261. The lowest BCUT2D eigenvalue weighted by Gasteiger charge is -2.34. The summed E-state index contributed by atoms with van der Waals surface area (Å²) in [7, 11) is -2.44. The van der Waals surface area contributed by atoms with Gasteiger partial charge >= 0.3 is 6.18 Å². The van der Waals surface area contributed by atoms with Crippen LogP contribution in [0.2, 0.25) is 5.02 Å². The van der Waals surface area contributed by atoms with E-state index < -0.39 is 34.6 Å². The Morgan fingerprint density at radius 1 is 1.33 bits per heavy atom. The molecular weight excluding hydrogens is 405 g/mol. The number of amides is 1. The van der Waals surface area contributed by atoms with Gasteiger partial charge in [0, 0.05) is 26.2 Å². The number of likely N-dealkylation sites (tertiary alicyclic amines) is 1. The molecule has 1 heterocycles. The van der Waals surface area contributed by atoms with Crippen molar-refractivity contribution in [3.63, 3.8) is 0 Å². The fourth-order valence-electron chi connectivity index (χ4n) is 2.87. The first-order chi connectivity index (χ1) is 12.4. The van der Waals surface area contributed by atoms with Gasteiger partial charge in [0.2, 0.25) is 10.0 Å². The third-order valence-electron chi connectivity index (χ3n) is 4.74. The second-order valence-electron chi connectivity index (χ2n) is 6.89. The van der Waals surface area contributed by atoms with Crippen molar-refractivity contribution in [3.05, 3.63) is 28.8 Å². The average molecular weight is 427 g/mol. The fourth-order valence-corrected chi connectivity index (χ4v) is 4.46. The van der Waals surface area contributed by atoms with E-state index in [2.05, 4.69) is 0 Å². The first-order valence-electron chi connectivity index (χ1n) is 8.49. The molecule has 2 rings (SSSR count). The first-order valence-corrected chi connectivity index (χ1v) is 10.3. The molecule has 0 saturated carbocycles. The Bertz CT molecular complexity index is 812. The van der Waals surface area contributed by atoms with E-state index in [9.17, 15) is 26.4 Å². The van der Waals surface area contributed by atoms with Gasteiger partial charge in [0.15, 0.2) is 0 Å². The van der Waals surface area contributed by atoms with Crippen LogP contribution in [0.15, 0.2) is 23.1 Å². The number of nitrogens with zero attached hydrogens (tertiary/aromatic N) is 2. The summed E-state index contributed by atoms with van der Waals surface area (Å²) in [5.74, 6) is -2.29. The fraction of sp³-hybridized carbons (Fsp3) is 0.588. The van der Waals surface area contributed by atoms with Crippen LogP contribution < -0.4 is 0 Å². The molecule has 0 radical (unpaired) electrons. The predicted molar refractivity (Wildman–Crippen MR) is 96.2 cm³/mol. The molecule has 1 aliphatic rings. The van der Waals surface area contributed by atoms with Crippen molar-refractivity contribution in [1.29, 1.82) is 0 Å². The molecule has 1 unspecified atom stereocenters. The van der Waals surface area contributed by atoms with Crippen molar-refractivity contribution < 1.29 is 26.4 Å². The Kier molecular flexibility index (Phi) is 6.48. The van der Waals surface area contributed by atoms with Gasteiger partial charge in [-0.15, -0.1) is 0 Å². The quantitative estimate of drug-likeness (QED) is 0.736. The van der Waals surface area contributed by atoms with Gasteiger partial charge in [-0.3, -0.25) is 4.79 Å². The number of rotatable bonds is 4. The molecule has 0 spiro atoms. The van der Waals surface area contributed by atoms with Crippen LogP contribution in [0.3, 0.4) is 0 Å². The number of halogens is 4. The highest BCUT2D eigenvalue weighted by Crippen LogP contribution is 2.34. The van der Waals surface area contributed by atoms with E-state index in [1.165, 1.54) is 19.2 Å². The molecule has 1 fully saturated rings.